The van der Waals surface area contributed by atoms with Crippen LogP contribution in [0.2, 0.25) is 0 Å². The highest BCUT2D eigenvalue weighted by Gasteiger charge is 2.02. The molecule has 0 saturated heterocycles. The van der Waals surface area contributed by atoms with Crippen molar-refractivity contribution in [3.63, 3.8) is 0 Å². The number of rotatable bonds is 9. The lowest BCUT2D eigenvalue weighted by Crippen LogP contribution is -2.25. The molecular weight excluding hydrogens is 200 g/mol. The van der Waals surface area contributed by atoms with Gasteiger partial charge in [0.1, 0.15) is 6.26 Å². The highest BCUT2D eigenvalue weighted by atomic mass is 16.5. The summed E-state index contributed by atoms with van der Waals surface area (Å²) in [7, 11) is 0. The molecule has 1 N–H and O–H groups in total. The molecule has 0 amide bonds. The van der Waals surface area contributed by atoms with Crippen molar-refractivity contribution in [1.29, 1.82) is 0 Å². The van der Waals surface area contributed by atoms with Gasteiger partial charge in [-0.15, -0.1) is 0 Å². The first kappa shape index (κ1) is 13.2. The number of hydrogen-bond acceptors (Lipinski definition) is 3. The van der Waals surface area contributed by atoms with Crippen LogP contribution in [0.15, 0.2) is 16.9 Å². The summed E-state index contributed by atoms with van der Waals surface area (Å²) in [5, 5.41) is 7.32. The van der Waals surface area contributed by atoms with E-state index in [0.29, 0.717) is 6.04 Å². The minimum absolute atomic E-state index is 0.568. The molecule has 1 heterocycles. The Hall–Kier alpha value is -0.830. The molecule has 0 bridgehead atoms. The molecule has 0 spiro atoms. The molecule has 0 aliphatic rings. The average molecular weight is 224 g/mol. The fourth-order valence-electron chi connectivity index (χ4n) is 1.76. The van der Waals surface area contributed by atoms with E-state index in [2.05, 4.69) is 24.3 Å². The molecule has 3 nitrogen and oxygen atoms in total. The quantitative estimate of drug-likeness (QED) is 0.652. The van der Waals surface area contributed by atoms with E-state index in [1.165, 1.54) is 38.5 Å². The summed E-state index contributed by atoms with van der Waals surface area (Å²) in [6.07, 6.45) is 9.64. The summed E-state index contributed by atoms with van der Waals surface area (Å²) < 4.78 is 4.78. The highest BCUT2D eigenvalue weighted by molar-refractivity contribution is 4.94. The number of nitrogens with zero attached hydrogens (tertiary/aromatic N) is 1. The standard InChI is InChI=1S/C13H24N2O/c1-3-4-5-6-7-8-12(2)14-11-13-9-10-16-15-13/h9-10,12,14H,3-8,11H2,1-2H3. The molecular formula is C13H24N2O. The third kappa shape index (κ3) is 5.91. The maximum absolute atomic E-state index is 4.78. The van der Waals surface area contributed by atoms with Crippen LogP contribution in [0.1, 0.15) is 58.1 Å². The number of hydrogen-bond donors (Lipinski definition) is 1. The molecule has 3 heteroatoms. The molecule has 0 fully saturated rings. The van der Waals surface area contributed by atoms with Gasteiger partial charge in [0.2, 0.25) is 0 Å². The van der Waals surface area contributed by atoms with Gasteiger partial charge in [-0.1, -0.05) is 44.2 Å². The lowest BCUT2D eigenvalue weighted by atomic mass is 10.1. The van der Waals surface area contributed by atoms with E-state index in [4.69, 9.17) is 4.52 Å². The van der Waals surface area contributed by atoms with Gasteiger partial charge in [-0.3, -0.25) is 0 Å². The molecule has 0 aliphatic carbocycles. The molecule has 0 aliphatic heterocycles. The van der Waals surface area contributed by atoms with Crippen LogP contribution in [-0.2, 0) is 6.54 Å². The maximum atomic E-state index is 4.78. The first-order valence-electron chi connectivity index (χ1n) is 6.45. The highest BCUT2D eigenvalue weighted by Crippen LogP contribution is 2.07. The van der Waals surface area contributed by atoms with Crippen LogP contribution in [-0.4, -0.2) is 11.2 Å². The van der Waals surface area contributed by atoms with Crippen LogP contribution in [0.3, 0.4) is 0 Å². The summed E-state index contributed by atoms with van der Waals surface area (Å²) in [6.45, 7) is 5.30. The van der Waals surface area contributed by atoms with E-state index in [1.807, 2.05) is 6.07 Å². The van der Waals surface area contributed by atoms with Crippen LogP contribution in [0.4, 0.5) is 0 Å². The number of unbranched alkanes of at least 4 members (excludes halogenated alkanes) is 4. The van der Waals surface area contributed by atoms with Crippen LogP contribution >= 0.6 is 0 Å². The fraction of sp³-hybridized carbons (Fsp3) is 0.769. The zero-order valence-corrected chi connectivity index (χ0v) is 10.5. The molecule has 0 aromatic carbocycles. The Morgan fingerprint density at radius 2 is 2.12 bits per heavy atom. The normalized spacial score (nSPS) is 12.9. The zero-order valence-electron chi connectivity index (χ0n) is 10.5. The van der Waals surface area contributed by atoms with Crippen molar-refractivity contribution >= 4 is 0 Å². The van der Waals surface area contributed by atoms with Crippen LogP contribution < -0.4 is 5.32 Å². The summed E-state index contributed by atoms with van der Waals surface area (Å²) in [4.78, 5) is 0. The Bertz CT molecular complexity index is 246. The molecule has 0 saturated carbocycles. The van der Waals surface area contributed by atoms with E-state index in [9.17, 15) is 0 Å². The minimum atomic E-state index is 0.568. The Morgan fingerprint density at radius 3 is 2.81 bits per heavy atom. The van der Waals surface area contributed by atoms with E-state index < -0.39 is 0 Å². The maximum Gasteiger partial charge on any atom is 0.124 e. The lowest BCUT2D eigenvalue weighted by Gasteiger charge is -2.12. The predicted molar refractivity (Wildman–Crippen MR) is 66.2 cm³/mol. The molecule has 1 rings (SSSR count). The topological polar surface area (TPSA) is 38.1 Å². The van der Waals surface area contributed by atoms with Gasteiger partial charge in [0.15, 0.2) is 0 Å². The Balaban J connectivity index is 1.96. The second-order valence-corrected chi connectivity index (χ2v) is 4.48. The van der Waals surface area contributed by atoms with E-state index in [-0.39, 0.29) is 0 Å². The van der Waals surface area contributed by atoms with Gasteiger partial charge in [-0.25, -0.2) is 0 Å². The third-order valence-electron chi connectivity index (χ3n) is 2.86. The molecule has 1 unspecified atom stereocenters. The largest absolute Gasteiger partial charge is 0.364 e. The Kier molecular flexibility index (Phi) is 6.90. The summed E-state index contributed by atoms with van der Waals surface area (Å²) in [5.74, 6) is 0. The average Bonchev–Trinajstić information content (AvgIpc) is 2.79. The van der Waals surface area contributed by atoms with Gasteiger partial charge in [0.25, 0.3) is 0 Å². The SMILES string of the molecule is CCCCCCCC(C)NCc1ccon1. The van der Waals surface area contributed by atoms with Crippen molar-refractivity contribution in [2.45, 2.75) is 65.0 Å². The van der Waals surface area contributed by atoms with Crippen LogP contribution in [0.25, 0.3) is 0 Å². The Labute approximate surface area is 98.6 Å². The van der Waals surface area contributed by atoms with Crippen molar-refractivity contribution in [2.24, 2.45) is 0 Å². The molecule has 16 heavy (non-hydrogen) atoms. The van der Waals surface area contributed by atoms with Crippen molar-refractivity contribution in [3.8, 4) is 0 Å². The molecule has 0 radical (unpaired) electrons. The van der Waals surface area contributed by atoms with Crippen LogP contribution in [0.5, 0.6) is 0 Å². The van der Waals surface area contributed by atoms with Crippen molar-refractivity contribution < 1.29 is 4.52 Å². The lowest BCUT2D eigenvalue weighted by molar-refractivity contribution is 0.402. The van der Waals surface area contributed by atoms with Gasteiger partial charge in [0.05, 0.1) is 5.69 Å². The first-order valence-corrected chi connectivity index (χ1v) is 6.45. The molecule has 92 valence electrons. The monoisotopic (exact) mass is 224 g/mol. The first-order chi connectivity index (χ1) is 7.83. The summed E-state index contributed by atoms with van der Waals surface area (Å²) in [5.41, 5.74) is 0.984. The summed E-state index contributed by atoms with van der Waals surface area (Å²) >= 11 is 0. The third-order valence-corrected chi connectivity index (χ3v) is 2.86. The van der Waals surface area contributed by atoms with Gasteiger partial charge in [-0.05, 0) is 13.3 Å². The van der Waals surface area contributed by atoms with Gasteiger partial charge in [0, 0.05) is 18.7 Å². The summed E-state index contributed by atoms with van der Waals surface area (Å²) in [6, 6.07) is 2.47. The number of nitrogens with one attached hydrogen (secondary N) is 1. The van der Waals surface area contributed by atoms with E-state index >= 15 is 0 Å². The molecule has 1 aromatic rings. The Morgan fingerprint density at radius 1 is 1.31 bits per heavy atom. The second-order valence-electron chi connectivity index (χ2n) is 4.48. The fourth-order valence-corrected chi connectivity index (χ4v) is 1.76. The van der Waals surface area contributed by atoms with Crippen molar-refractivity contribution in [3.05, 3.63) is 18.0 Å². The minimum Gasteiger partial charge on any atom is -0.364 e. The van der Waals surface area contributed by atoms with Crippen molar-refractivity contribution in [2.75, 3.05) is 0 Å². The van der Waals surface area contributed by atoms with Gasteiger partial charge < -0.3 is 9.84 Å². The van der Waals surface area contributed by atoms with E-state index in [0.717, 1.165) is 12.2 Å². The van der Waals surface area contributed by atoms with E-state index in [1.54, 1.807) is 6.26 Å². The molecule has 1 atom stereocenters. The zero-order chi connectivity index (χ0) is 11.6. The number of aromatic nitrogens is 1. The van der Waals surface area contributed by atoms with Crippen LogP contribution in [0, 0.1) is 0 Å². The molecule has 1 aromatic heterocycles. The smallest absolute Gasteiger partial charge is 0.124 e. The van der Waals surface area contributed by atoms with Crippen molar-refractivity contribution in [1.82, 2.24) is 10.5 Å². The van der Waals surface area contributed by atoms with Gasteiger partial charge in [-0.2, -0.15) is 0 Å². The van der Waals surface area contributed by atoms with Gasteiger partial charge >= 0.3 is 0 Å². The predicted octanol–water partition coefficient (Wildman–Crippen LogP) is 3.51. The second kappa shape index (κ2) is 8.34.